The topological polar surface area (TPSA) is 77.8 Å². The zero-order valence-corrected chi connectivity index (χ0v) is 14.2. The van der Waals surface area contributed by atoms with Gasteiger partial charge in [0, 0.05) is 23.6 Å². The Morgan fingerprint density at radius 2 is 1.84 bits per heavy atom. The Labute approximate surface area is 148 Å². The predicted octanol–water partition coefficient (Wildman–Crippen LogP) is 4.15. The summed E-state index contributed by atoms with van der Waals surface area (Å²) >= 11 is 0. The minimum Gasteiger partial charge on any atom is -0.355 e. The van der Waals surface area contributed by atoms with Gasteiger partial charge < -0.3 is 10.6 Å². The average Bonchev–Trinajstić information content (AvgIpc) is 2.91. The largest absolute Gasteiger partial charge is 0.355 e. The van der Waals surface area contributed by atoms with Gasteiger partial charge >= 0.3 is 0 Å². The maximum absolute atomic E-state index is 12.5. The summed E-state index contributed by atoms with van der Waals surface area (Å²) in [6, 6.07) is 13.1. The molecule has 5 heteroatoms. The number of carbonyl (C=O) groups is 1. The highest BCUT2D eigenvalue weighted by molar-refractivity contribution is 5.93. The molecule has 0 saturated heterocycles. The van der Waals surface area contributed by atoms with Gasteiger partial charge in [-0.25, -0.2) is 0 Å². The Bertz CT molecular complexity index is 773. The molecule has 0 radical (unpaired) electrons. The van der Waals surface area contributed by atoms with Crippen molar-refractivity contribution in [3.63, 3.8) is 0 Å². The summed E-state index contributed by atoms with van der Waals surface area (Å²) in [5, 5.41) is 15.3. The number of nitriles is 1. The number of nitrogens with zero attached hydrogens (tertiary/aromatic N) is 2. The highest BCUT2D eigenvalue weighted by Crippen LogP contribution is 2.19. The minimum absolute atomic E-state index is 0.124. The number of hydrogen-bond donors (Lipinski definition) is 2. The Balaban J connectivity index is 1.68. The van der Waals surface area contributed by atoms with Crippen molar-refractivity contribution in [3.8, 4) is 6.07 Å². The molecule has 1 aromatic carbocycles. The van der Waals surface area contributed by atoms with E-state index >= 15 is 0 Å². The van der Waals surface area contributed by atoms with E-state index in [-0.39, 0.29) is 11.9 Å². The molecule has 1 aromatic heterocycles. The van der Waals surface area contributed by atoms with E-state index in [0.717, 1.165) is 24.2 Å². The van der Waals surface area contributed by atoms with Crippen molar-refractivity contribution in [2.24, 2.45) is 0 Å². The summed E-state index contributed by atoms with van der Waals surface area (Å²) < 4.78 is 0. The molecule has 128 valence electrons. The van der Waals surface area contributed by atoms with Crippen molar-refractivity contribution in [2.75, 3.05) is 5.32 Å². The first-order valence-corrected chi connectivity index (χ1v) is 8.79. The summed E-state index contributed by atoms with van der Waals surface area (Å²) in [4.78, 5) is 16.7. The molecule has 0 atom stereocenters. The van der Waals surface area contributed by atoms with Gasteiger partial charge in [-0.3, -0.25) is 9.78 Å². The number of hydrogen-bond acceptors (Lipinski definition) is 4. The number of amides is 1. The second kappa shape index (κ2) is 8.29. The van der Waals surface area contributed by atoms with E-state index in [1.165, 1.54) is 25.7 Å². The molecule has 1 aliphatic carbocycles. The van der Waals surface area contributed by atoms with Crippen molar-refractivity contribution >= 4 is 17.3 Å². The smallest absolute Gasteiger partial charge is 0.270 e. The quantitative estimate of drug-likeness (QED) is 0.823. The average molecular weight is 334 g/mol. The van der Waals surface area contributed by atoms with Crippen LogP contribution in [-0.2, 0) is 0 Å². The molecule has 25 heavy (non-hydrogen) atoms. The van der Waals surface area contributed by atoms with Gasteiger partial charge in [-0.2, -0.15) is 5.26 Å². The molecular weight excluding hydrogens is 312 g/mol. The first kappa shape index (κ1) is 17.0. The Morgan fingerprint density at radius 1 is 1.08 bits per heavy atom. The molecule has 1 saturated carbocycles. The molecular formula is C20H22N4O. The minimum atomic E-state index is -0.124. The van der Waals surface area contributed by atoms with Crippen LogP contribution in [0.3, 0.4) is 0 Å². The summed E-state index contributed by atoms with van der Waals surface area (Å²) in [5.41, 5.74) is 2.58. The maximum Gasteiger partial charge on any atom is 0.270 e. The molecule has 0 spiro atoms. The van der Waals surface area contributed by atoms with E-state index in [1.807, 2.05) is 18.2 Å². The lowest BCUT2D eigenvalue weighted by atomic mass is 10.1. The molecule has 0 bridgehead atoms. The Kier molecular flexibility index (Phi) is 5.63. The number of carbonyl (C=O) groups excluding carboxylic acids is 1. The number of pyridine rings is 1. The van der Waals surface area contributed by atoms with Crippen LogP contribution in [0, 0.1) is 11.3 Å². The van der Waals surface area contributed by atoms with Crippen LogP contribution in [0.2, 0.25) is 0 Å². The zero-order valence-electron chi connectivity index (χ0n) is 14.2. The summed E-state index contributed by atoms with van der Waals surface area (Å²) in [7, 11) is 0. The highest BCUT2D eigenvalue weighted by atomic mass is 16.1. The van der Waals surface area contributed by atoms with Gasteiger partial charge in [-0.15, -0.1) is 0 Å². The number of nitrogens with one attached hydrogen (secondary N) is 2. The van der Waals surface area contributed by atoms with Crippen molar-refractivity contribution in [2.45, 2.75) is 44.6 Å². The second-order valence-corrected chi connectivity index (χ2v) is 6.41. The van der Waals surface area contributed by atoms with Gasteiger partial charge in [-0.1, -0.05) is 31.7 Å². The molecule has 1 fully saturated rings. The van der Waals surface area contributed by atoms with Gasteiger partial charge in [0.05, 0.1) is 11.6 Å². The fourth-order valence-corrected chi connectivity index (χ4v) is 3.15. The van der Waals surface area contributed by atoms with Gasteiger partial charge in [0.25, 0.3) is 5.91 Å². The van der Waals surface area contributed by atoms with Crippen molar-refractivity contribution in [3.05, 3.63) is 53.9 Å². The number of aromatic nitrogens is 1. The lowest BCUT2D eigenvalue weighted by Gasteiger charge is -2.16. The molecule has 1 aliphatic rings. The molecule has 0 aliphatic heterocycles. The summed E-state index contributed by atoms with van der Waals surface area (Å²) in [6.45, 7) is 0. The third kappa shape index (κ3) is 4.80. The standard InChI is InChI=1S/C20H22N4O/c21-14-15-6-5-9-17(12-15)23-18-10-11-22-19(13-18)20(25)24-16-7-3-1-2-4-8-16/h5-6,9-13,16H,1-4,7-8H2,(H,22,23)(H,24,25). The van der Waals surface area contributed by atoms with Crippen LogP contribution in [0.5, 0.6) is 0 Å². The van der Waals surface area contributed by atoms with Crippen molar-refractivity contribution in [1.29, 1.82) is 5.26 Å². The monoisotopic (exact) mass is 334 g/mol. The highest BCUT2D eigenvalue weighted by Gasteiger charge is 2.16. The molecule has 1 heterocycles. The summed E-state index contributed by atoms with van der Waals surface area (Å²) in [5.74, 6) is -0.124. The first-order valence-electron chi connectivity index (χ1n) is 8.79. The number of benzene rings is 1. The zero-order chi connectivity index (χ0) is 17.5. The van der Waals surface area contributed by atoms with E-state index in [1.54, 1.807) is 24.4 Å². The third-order valence-corrected chi connectivity index (χ3v) is 4.46. The van der Waals surface area contributed by atoms with Crippen molar-refractivity contribution in [1.82, 2.24) is 10.3 Å². The second-order valence-electron chi connectivity index (χ2n) is 6.41. The van der Waals surface area contributed by atoms with Gasteiger partial charge in [-0.05, 0) is 43.2 Å². The van der Waals surface area contributed by atoms with Crippen LogP contribution in [0.25, 0.3) is 0 Å². The Hall–Kier alpha value is -2.87. The van der Waals surface area contributed by atoms with Crippen molar-refractivity contribution < 1.29 is 4.79 Å². The molecule has 2 N–H and O–H groups in total. The predicted molar refractivity (Wildman–Crippen MR) is 97.6 cm³/mol. The van der Waals surface area contributed by atoms with E-state index in [0.29, 0.717) is 11.3 Å². The van der Waals surface area contributed by atoms with Gasteiger partial charge in [0.2, 0.25) is 0 Å². The van der Waals surface area contributed by atoms with Crippen LogP contribution in [0.15, 0.2) is 42.6 Å². The van der Waals surface area contributed by atoms with E-state index in [9.17, 15) is 4.79 Å². The molecule has 2 aromatic rings. The van der Waals surface area contributed by atoms with Crippen LogP contribution >= 0.6 is 0 Å². The molecule has 1 amide bonds. The van der Waals surface area contributed by atoms with E-state index < -0.39 is 0 Å². The lowest BCUT2D eigenvalue weighted by Crippen LogP contribution is -2.34. The van der Waals surface area contributed by atoms with E-state index in [4.69, 9.17) is 5.26 Å². The van der Waals surface area contributed by atoms with Crippen LogP contribution in [0.4, 0.5) is 11.4 Å². The van der Waals surface area contributed by atoms with Gasteiger partial charge in [0.15, 0.2) is 0 Å². The Morgan fingerprint density at radius 3 is 2.60 bits per heavy atom. The van der Waals surface area contributed by atoms with Gasteiger partial charge in [0.1, 0.15) is 5.69 Å². The first-order chi connectivity index (χ1) is 12.2. The van der Waals surface area contributed by atoms with Crippen LogP contribution in [0.1, 0.15) is 54.6 Å². The maximum atomic E-state index is 12.5. The fraction of sp³-hybridized carbons (Fsp3) is 0.350. The number of anilines is 2. The molecule has 5 nitrogen and oxygen atoms in total. The third-order valence-electron chi connectivity index (χ3n) is 4.46. The number of rotatable bonds is 4. The molecule has 3 rings (SSSR count). The molecule has 0 unspecified atom stereocenters. The summed E-state index contributed by atoms with van der Waals surface area (Å²) in [6.07, 6.45) is 8.58. The lowest BCUT2D eigenvalue weighted by molar-refractivity contribution is 0.0928. The van der Waals surface area contributed by atoms with Crippen LogP contribution < -0.4 is 10.6 Å². The van der Waals surface area contributed by atoms with Crippen LogP contribution in [-0.4, -0.2) is 16.9 Å². The fourth-order valence-electron chi connectivity index (χ4n) is 3.15. The normalized spacial score (nSPS) is 15.0. The van der Waals surface area contributed by atoms with E-state index in [2.05, 4.69) is 21.7 Å². The SMILES string of the molecule is N#Cc1cccc(Nc2ccnc(C(=O)NC3CCCCCC3)c2)c1.